The molecule has 0 amide bonds. The standard InChI is InChI=1S/C25H52/c1-20(2)15-17-23(7)11-9-13-25(19-22(5)6)14-10-12-24(8)18-16-21(3)4/h20-25H,9-19H2,1-8H3. The van der Waals surface area contributed by atoms with Crippen molar-refractivity contribution in [2.24, 2.45) is 35.5 Å². The predicted molar refractivity (Wildman–Crippen MR) is 117 cm³/mol. The molecule has 0 aromatic rings. The highest BCUT2D eigenvalue weighted by molar-refractivity contribution is 4.66. The van der Waals surface area contributed by atoms with Gasteiger partial charge >= 0.3 is 0 Å². The molecule has 0 aliphatic rings. The van der Waals surface area contributed by atoms with Crippen molar-refractivity contribution in [3.8, 4) is 0 Å². The summed E-state index contributed by atoms with van der Waals surface area (Å²) in [5, 5.41) is 0. The lowest BCUT2D eigenvalue weighted by Crippen LogP contribution is -2.07. The Morgan fingerprint density at radius 1 is 0.400 bits per heavy atom. The van der Waals surface area contributed by atoms with Crippen molar-refractivity contribution in [3.05, 3.63) is 0 Å². The van der Waals surface area contributed by atoms with Gasteiger partial charge in [0, 0.05) is 0 Å². The van der Waals surface area contributed by atoms with E-state index in [0.29, 0.717) is 0 Å². The zero-order chi connectivity index (χ0) is 19.2. The Balaban J connectivity index is 3.99. The zero-order valence-electron chi connectivity index (χ0n) is 19.2. The van der Waals surface area contributed by atoms with Gasteiger partial charge < -0.3 is 0 Å². The molecule has 2 unspecified atom stereocenters. The first-order chi connectivity index (χ1) is 11.7. The smallest absolute Gasteiger partial charge is 0.0412 e. The molecule has 0 saturated carbocycles. The molecule has 0 spiro atoms. The fourth-order valence-corrected chi connectivity index (χ4v) is 4.08. The molecule has 0 heteroatoms. The van der Waals surface area contributed by atoms with Crippen LogP contribution in [0.4, 0.5) is 0 Å². The van der Waals surface area contributed by atoms with Crippen molar-refractivity contribution in [1.29, 1.82) is 0 Å². The molecule has 0 heterocycles. The fourth-order valence-electron chi connectivity index (χ4n) is 4.08. The van der Waals surface area contributed by atoms with Gasteiger partial charge in [-0.3, -0.25) is 0 Å². The highest BCUT2D eigenvalue weighted by Crippen LogP contribution is 2.27. The molecular weight excluding hydrogens is 300 g/mol. The van der Waals surface area contributed by atoms with Gasteiger partial charge in [-0.05, 0) is 41.9 Å². The average molecular weight is 353 g/mol. The third kappa shape index (κ3) is 17.2. The largest absolute Gasteiger partial charge is 0.0628 e. The van der Waals surface area contributed by atoms with E-state index in [1.165, 1.54) is 70.6 Å². The maximum atomic E-state index is 2.47. The normalized spacial score (nSPS) is 16.0. The van der Waals surface area contributed by atoms with Gasteiger partial charge in [0.2, 0.25) is 0 Å². The van der Waals surface area contributed by atoms with Crippen LogP contribution in [0, 0.1) is 35.5 Å². The second-order valence-electron chi connectivity index (χ2n) is 10.5. The van der Waals surface area contributed by atoms with Crippen LogP contribution in [0.1, 0.15) is 126 Å². The maximum Gasteiger partial charge on any atom is -0.0412 e. The molecule has 0 radical (unpaired) electrons. The van der Waals surface area contributed by atoms with Gasteiger partial charge in [-0.1, -0.05) is 120 Å². The van der Waals surface area contributed by atoms with Crippen molar-refractivity contribution in [2.45, 2.75) is 126 Å². The molecule has 0 aromatic carbocycles. The molecular formula is C25H52. The van der Waals surface area contributed by atoms with Crippen molar-refractivity contribution >= 4 is 0 Å². The van der Waals surface area contributed by atoms with E-state index in [2.05, 4.69) is 55.4 Å². The van der Waals surface area contributed by atoms with Crippen LogP contribution in [0.2, 0.25) is 0 Å². The summed E-state index contributed by atoms with van der Waals surface area (Å²) in [5.41, 5.74) is 0. The lowest BCUT2D eigenvalue weighted by molar-refractivity contribution is 0.313. The summed E-state index contributed by atoms with van der Waals surface area (Å²) in [6.07, 6.45) is 15.9. The average Bonchev–Trinajstić information content (AvgIpc) is 2.50. The molecule has 0 bridgehead atoms. The summed E-state index contributed by atoms with van der Waals surface area (Å²) >= 11 is 0. The Labute approximate surface area is 161 Å². The molecule has 25 heavy (non-hydrogen) atoms. The molecule has 0 N–H and O–H groups in total. The molecule has 0 aliphatic heterocycles. The van der Waals surface area contributed by atoms with E-state index in [1.54, 1.807) is 0 Å². The lowest BCUT2D eigenvalue weighted by atomic mass is 9.85. The summed E-state index contributed by atoms with van der Waals surface area (Å²) in [4.78, 5) is 0. The lowest BCUT2D eigenvalue weighted by Gasteiger charge is -2.21. The van der Waals surface area contributed by atoms with Crippen molar-refractivity contribution in [1.82, 2.24) is 0 Å². The fraction of sp³-hybridized carbons (Fsp3) is 1.00. The predicted octanol–water partition coefficient (Wildman–Crippen LogP) is 9.13. The van der Waals surface area contributed by atoms with E-state index >= 15 is 0 Å². The van der Waals surface area contributed by atoms with E-state index in [4.69, 9.17) is 0 Å². The number of hydrogen-bond acceptors (Lipinski definition) is 0. The monoisotopic (exact) mass is 352 g/mol. The minimum Gasteiger partial charge on any atom is -0.0628 e. The maximum absolute atomic E-state index is 2.47. The quantitative estimate of drug-likeness (QED) is 0.260. The van der Waals surface area contributed by atoms with Crippen LogP contribution in [0.3, 0.4) is 0 Å². The first kappa shape index (κ1) is 25.0. The van der Waals surface area contributed by atoms with Gasteiger partial charge in [-0.25, -0.2) is 0 Å². The van der Waals surface area contributed by atoms with Crippen LogP contribution >= 0.6 is 0 Å². The minimum absolute atomic E-state index is 0.863. The van der Waals surface area contributed by atoms with Crippen molar-refractivity contribution in [3.63, 3.8) is 0 Å². The summed E-state index contributed by atoms with van der Waals surface area (Å²) in [6.45, 7) is 19.2. The number of hydrogen-bond donors (Lipinski definition) is 0. The minimum atomic E-state index is 0.863. The Morgan fingerprint density at radius 2 is 0.800 bits per heavy atom. The van der Waals surface area contributed by atoms with Gasteiger partial charge in [0.1, 0.15) is 0 Å². The molecule has 152 valence electrons. The molecule has 0 aromatic heterocycles. The molecule has 0 nitrogen and oxygen atoms in total. The van der Waals surface area contributed by atoms with E-state index in [1.807, 2.05) is 0 Å². The second kappa shape index (κ2) is 15.1. The zero-order valence-corrected chi connectivity index (χ0v) is 19.2. The van der Waals surface area contributed by atoms with Crippen LogP contribution in [0.25, 0.3) is 0 Å². The molecule has 0 aliphatic carbocycles. The molecule has 0 fully saturated rings. The topological polar surface area (TPSA) is 0 Å². The first-order valence-electron chi connectivity index (χ1n) is 11.7. The van der Waals surface area contributed by atoms with E-state index in [9.17, 15) is 0 Å². The van der Waals surface area contributed by atoms with E-state index < -0.39 is 0 Å². The summed E-state index contributed by atoms with van der Waals surface area (Å²) in [6, 6.07) is 0. The Kier molecular flexibility index (Phi) is 15.1. The van der Waals surface area contributed by atoms with Gasteiger partial charge in [0.05, 0.1) is 0 Å². The van der Waals surface area contributed by atoms with Crippen LogP contribution in [-0.2, 0) is 0 Å². The van der Waals surface area contributed by atoms with Gasteiger partial charge in [0.25, 0.3) is 0 Å². The number of rotatable bonds is 16. The van der Waals surface area contributed by atoms with Crippen LogP contribution in [0.15, 0.2) is 0 Å². The van der Waals surface area contributed by atoms with Crippen molar-refractivity contribution in [2.75, 3.05) is 0 Å². The SMILES string of the molecule is CC(C)CCC(C)CCCC(CCCC(C)CCC(C)C)CC(C)C. The summed E-state index contributed by atoms with van der Waals surface area (Å²) in [7, 11) is 0. The van der Waals surface area contributed by atoms with Crippen LogP contribution in [-0.4, -0.2) is 0 Å². The highest BCUT2D eigenvalue weighted by Gasteiger charge is 2.13. The summed E-state index contributed by atoms with van der Waals surface area (Å²) in [5.74, 6) is 5.44. The van der Waals surface area contributed by atoms with Gasteiger partial charge in [-0.15, -0.1) is 0 Å². The Hall–Kier alpha value is 0. The Bertz CT molecular complexity index is 252. The van der Waals surface area contributed by atoms with Crippen LogP contribution < -0.4 is 0 Å². The highest BCUT2D eigenvalue weighted by atomic mass is 14.2. The molecule has 2 atom stereocenters. The second-order valence-corrected chi connectivity index (χ2v) is 10.5. The first-order valence-corrected chi connectivity index (χ1v) is 11.7. The third-order valence-corrected chi connectivity index (χ3v) is 5.90. The molecule has 0 saturated heterocycles. The van der Waals surface area contributed by atoms with Gasteiger partial charge in [0.15, 0.2) is 0 Å². The van der Waals surface area contributed by atoms with Crippen molar-refractivity contribution < 1.29 is 0 Å². The molecule has 0 rings (SSSR count). The third-order valence-electron chi connectivity index (χ3n) is 5.90. The van der Waals surface area contributed by atoms with E-state index in [0.717, 1.165) is 35.5 Å². The van der Waals surface area contributed by atoms with Gasteiger partial charge in [-0.2, -0.15) is 0 Å². The van der Waals surface area contributed by atoms with E-state index in [-0.39, 0.29) is 0 Å². The summed E-state index contributed by atoms with van der Waals surface area (Å²) < 4.78 is 0. The Morgan fingerprint density at radius 3 is 1.12 bits per heavy atom. The van der Waals surface area contributed by atoms with Crippen LogP contribution in [0.5, 0.6) is 0 Å².